The molecule has 2 aromatic carbocycles. The Labute approximate surface area is 165 Å². The number of hydrogen-bond donors (Lipinski definition) is 0. The lowest BCUT2D eigenvalue weighted by Gasteiger charge is -2.12. The molecule has 0 aliphatic carbocycles. The number of aryl methyl sites for hydroxylation is 2. The summed E-state index contributed by atoms with van der Waals surface area (Å²) in [7, 11) is 2.89. The van der Waals surface area contributed by atoms with E-state index in [-0.39, 0.29) is 0 Å². The van der Waals surface area contributed by atoms with E-state index < -0.39 is 5.97 Å². The zero-order valence-electron chi connectivity index (χ0n) is 16.4. The molecule has 5 nitrogen and oxygen atoms in total. The molecular weight excluding hydrogens is 352 g/mol. The number of rotatable bonds is 7. The summed E-state index contributed by atoms with van der Waals surface area (Å²) in [6, 6.07) is 17.9. The Morgan fingerprint density at radius 3 is 2.39 bits per heavy atom. The van der Waals surface area contributed by atoms with Crippen LogP contribution in [0, 0.1) is 6.92 Å². The second-order valence-electron chi connectivity index (χ2n) is 6.42. The van der Waals surface area contributed by atoms with Crippen LogP contribution in [0.25, 0.3) is 11.3 Å². The Balaban J connectivity index is 1.84. The van der Waals surface area contributed by atoms with Crippen molar-refractivity contribution in [3.05, 3.63) is 89.4 Å². The minimum atomic E-state index is -0.414. The van der Waals surface area contributed by atoms with E-state index in [9.17, 15) is 4.79 Å². The zero-order valence-corrected chi connectivity index (χ0v) is 16.4. The van der Waals surface area contributed by atoms with Gasteiger partial charge in [0.2, 0.25) is 0 Å². The monoisotopic (exact) mass is 376 g/mol. The van der Waals surface area contributed by atoms with Gasteiger partial charge in [-0.1, -0.05) is 42.5 Å². The van der Waals surface area contributed by atoms with Crippen molar-refractivity contribution in [1.29, 1.82) is 0 Å². The van der Waals surface area contributed by atoms with Crippen molar-refractivity contribution in [3.8, 4) is 5.69 Å². The van der Waals surface area contributed by atoms with E-state index >= 15 is 0 Å². The largest absolute Gasteiger partial charge is 0.503 e. The molecule has 0 aliphatic heterocycles. The predicted molar refractivity (Wildman–Crippen MR) is 109 cm³/mol. The summed E-state index contributed by atoms with van der Waals surface area (Å²) in [5.74, 6) is -0.414. The minimum absolute atomic E-state index is 0.414. The third-order valence-corrected chi connectivity index (χ3v) is 4.72. The summed E-state index contributed by atoms with van der Waals surface area (Å²) in [6.07, 6.45) is 4.94. The third-order valence-electron chi connectivity index (χ3n) is 4.72. The SMILES string of the molecule is COC=C(C(=O)OC)c1ccccc1CCc1cnn(-c2ccccc2)c1C. The summed E-state index contributed by atoms with van der Waals surface area (Å²) in [4.78, 5) is 12.2. The van der Waals surface area contributed by atoms with Gasteiger partial charge in [0, 0.05) is 5.69 Å². The summed E-state index contributed by atoms with van der Waals surface area (Å²) in [5.41, 5.74) is 5.63. The maximum absolute atomic E-state index is 12.2. The van der Waals surface area contributed by atoms with Crippen LogP contribution in [0.2, 0.25) is 0 Å². The normalized spacial score (nSPS) is 11.3. The maximum atomic E-state index is 12.2. The van der Waals surface area contributed by atoms with Crippen LogP contribution in [-0.4, -0.2) is 30.0 Å². The highest BCUT2D eigenvalue weighted by Crippen LogP contribution is 2.23. The average Bonchev–Trinajstić information content (AvgIpc) is 3.11. The molecule has 0 radical (unpaired) electrons. The Bertz CT molecular complexity index is 975. The van der Waals surface area contributed by atoms with Crippen LogP contribution in [-0.2, 0) is 27.1 Å². The summed E-state index contributed by atoms with van der Waals surface area (Å²) >= 11 is 0. The van der Waals surface area contributed by atoms with Gasteiger partial charge >= 0.3 is 5.97 Å². The summed E-state index contributed by atoms with van der Waals surface area (Å²) in [6.45, 7) is 2.08. The van der Waals surface area contributed by atoms with E-state index in [1.807, 2.05) is 65.5 Å². The Morgan fingerprint density at radius 1 is 1.00 bits per heavy atom. The van der Waals surface area contributed by atoms with Crippen molar-refractivity contribution in [1.82, 2.24) is 9.78 Å². The molecule has 0 amide bonds. The first kappa shape index (κ1) is 19.4. The van der Waals surface area contributed by atoms with E-state index in [2.05, 4.69) is 12.0 Å². The van der Waals surface area contributed by atoms with Crippen LogP contribution < -0.4 is 0 Å². The van der Waals surface area contributed by atoms with Gasteiger partial charge in [-0.05, 0) is 48.6 Å². The standard InChI is InChI=1S/C23H24N2O3/c1-17-19(15-24-25(17)20-10-5-4-6-11-20)14-13-18-9-7-8-12-21(18)22(16-27-2)23(26)28-3/h4-12,15-16H,13-14H2,1-3H3. The molecule has 0 atom stereocenters. The van der Waals surface area contributed by atoms with Crippen molar-refractivity contribution < 1.29 is 14.3 Å². The first-order valence-corrected chi connectivity index (χ1v) is 9.14. The van der Waals surface area contributed by atoms with Crippen molar-refractivity contribution in [2.24, 2.45) is 0 Å². The van der Waals surface area contributed by atoms with E-state index in [1.165, 1.54) is 26.0 Å². The van der Waals surface area contributed by atoms with Gasteiger partial charge in [-0.15, -0.1) is 0 Å². The fourth-order valence-electron chi connectivity index (χ4n) is 3.24. The molecule has 0 saturated heterocycles. The molecule has 144 valence electrons. The fraction of sp³-hybridized carbons (Fsp3) is 0.217. The zero-order chi connectivity index (χ0) is 19.9. The second kappa shape index (κ2) is 9.04. The first-order chi connectivity index (χ1) is 13.7. The number of para-hydroxylation sites is 1. The first-order valence-electron chi connectivity index (χ1n) is 9.14. The van der Waals surface area contributed by atoms with E-state index in [4.69, 9.17) is 9.47 Å². The Kier molecular flexibility index (Phi) is 6.27. The highest BCUT2D eigenvalue weighted by Gasteiger charge is 2.17. The van der Waals surface area contributed by atoms with Crippen LogP contribution in [0.5, 0.6) is 0 Å². The number of hydrogen-bond acceptors (Lipinski definition) is 4. The van der Waals surface area contributed by atoms with Gasteiger partial charge in [0.05, 0.1) is 32.4 Å². The number of carbonyl (C=O) groups is 1. The molecule has 0 unspecified atom stereocenters. The van der Waals surface area contributed by atoms with Gasteiger partial charge < -0.3 is 9.47 Å². The molecule has 0 spiro atoms. The van der Waals surface area contributed by atoms with Gasteiger partial charge in [0.1, 0.15) is 5.57 Å². The van der Waals surface area contributed by atoms with Crippen LogP contribution >= 0.6 is 0 Å². The lowest BCUT2D eigenvalue weighted by atomic mass is 9.95. The van der Waals surface area contributed by atoms with Crippen molar-refractivity contribution in [3.63, 3.8) is 0 Å². The van der Waals surface area contributed by atoms with Crippen LogP contribution in [0.4, 0.5) is 0 Å². The minimum Gasteiger partial charge on any atom is -0.503 e. The van der Waals surface area contributed by atoms with Gasteiger partial charge in [-0.25, -0.2) is 9.48 Å². The third kappa shape index (κ3) is 4.14. The molecule has 0 N–H and O–H groups in total. The van der Waals surface area contributed by atoms with E-state index in [1.54, 1.807) is 0 Å². The number of aromatic nitrogens is 2. The lowest BCUT2D eigenvalue weighted by Crippen LogP contribution is -2.07. The molecule has 0 saturated carbocycles. The number of methoxy groups -OCH3 is 2. The smallest absolute Gasteiger partial charge is 0.341 e. The molecule has 0 aliphatic rings. The Hall–Kier alpha value is -3.34. The summed E-state index contributed by atoms with van der Waals surface area (Å²) in [5, 5.41) is 4.54. The Morgan fingerprint density at radius 2 is 1.68 bits per heavy atom. The van der Waals surface area contributed by atoms with E-state index in [0.29, 0.717) is 5.57 Å². The van der Waals surface area contributed by atoms with Crippen LogP contribution in [0.1, 0.15) is 22.4 Å². The quantitative estimate of drug-likeness (QED) is 0.353. The van der Waals surface area contributed by atoms with Crippen LogP contribution in [0.15, 0.2) is 67.1 Å². The molecule has 0 fully saturated rings. The van der Waals surface area contributed by atoms with Crippen molar-refractivity contribution in [2.75, 3.05) is 14.2 Å². The molecule has 0 bridgehead atoms. The number of benzene rings is 2. The van der Waals surface area contributed by atoms with Gasteiger partial charge in [0.25, 0.3) is 0 Å². The van der Waals surface area contributed by atoms with Gasteiger partial charge in [0.15, 0.2) is 0 Å². The number of ether oxygens (including phenoxy) is 2. The highest BCUT2D eigenvalue weighted by molar-refractivity contribution is 6.16. The topological polar surface area (TPSA) is 53.4 Å². The average molecular weight is 376 g/mol. The molecule has 28 heavy (non-hydrogen) atoms. The summed E-state index contributed by atoms with van der Waals surface area (Å²) < 4.78 is 12.0. The van der Waals surface area contributed by atoms with Gasteiger partial charge in [-0.2, -0.15) is 5.10 Å². The molecule has 1 aromatic heterocycles. The number of esters is 1. The van der Waals surface area contributed by atoms with Gasteiger partial charge in [-0.3, -0.25) is 0 Å². The highest BCUT2D eigenvalue weighted by atomic mass is 16.5. The predicted octanol–water partition coefficient (Wildman–Crippen LogP) is 4.13. The molecule has 3 aromatic rings. The molecule has 3 rings (SSSR count). The lowest BCUT2D eigenvalue weighted by molar-refractivity contribution is -0.133. The van der Waals surface area contributed by atoms with Crippen LogP contribution in [0.3, 0.4) is 0 Å². The maximum Gasteiger partial charge on any atom is 0.341 e. The van der Waals surface area contributed by atoms with Crippen molar-refractivity contribution >= 4 is 11.5 Å². The second-order valence-corrected chi connectivity index (χ2v) is 6.42. The number of carbonyl (C=O) groups excluding carboxylic acids is 1. The molecular formula is C23H24N2O3. The molecule has 1 heterocycles. The number of nitrogens with zero attached hydrogens (tertiary/aromatic N) is 2. The fourth-order valence-corrected chi connectivity index (χ4v) is 3.24. The molecule has 5 heteroatoms. The van der Waals surface area contributed by atoms with Crippen molar-refractivity contribution in [2.45, 2.75) is 19.8 Å². The van der Waals surface area contributed by atoms with E-state index in [0.717, 1.165) is 35.3 Å².